The number of piperidine rings is 1. The number of fused-ring (bicyclic) bond motifs is 2. The molecule has 0 radical (unpaired) electrons. The van der Waals surface area contributed by atoms with Crippen LogP contribution in [0.3, 0.4) is 0 Å². The number of halogens is 1. The van der Waals surface area contributed by atoms with Crippen molar-refractivity contribution in [3.63, 3.8) is 0 Å². The summed E-state index contributed by atoms with van der Waals surface area (Å²) in [6.07, 6.45) is 9.34. The van der Waals surface area contributed by atoms with Crippen LogP contribution in [0.15, 0.2) is 18.5 Å². The average molecular weight is 376 g/mol. The number of thiophene rings is 1. The average Bonchev–Trinajstić information content (AvgIpc) is 3.37. The molecule has 0 bridgehead atoms. The van der Waals surface area contributed by atoms with Gasteiger partial charge in [-0.05, 0) is 44.2 Å². The van der Waals surface area contributed by atoms with E-state index in [1.165, 1.54) is 23.3 Å². The zero-order valence-corrected chi connectivity index (χ0v) is 15.9. The quantitative estimate of drug-likeness (QED) is 0.847. The van der Waals surface area contributed by atoms with Crippen molar-refractivity contribution in [2.24, 2.45) is 0 Å². The van der Waals surface area contributed by atoms with Gasteiger partial charge in [-0.3, -0.25) is 0 Å². The van der Waals surface area contributed by atoms with E-state index in [0.717, 1.165) is 41.6 Å². The van der Waals surface area contributed by atoms with Crippen molar-refractivity contribution in [1.29, 1.82) is 0 Å². The lowest BCUT2D eigenvalue weighted by Gasteiger charge is -2.46. The maximum absolute atomic E-state index is 6.41. The third-order valence-corrected chi connectivity index (χ3v) is 7.13. The van der Waals surface area contributed by atoms with E-state index in [2.05, 4.69) is 28.3 Å². The molecule has 1 N–H and O–H groups in total. The summed E-state index contributed by atoms with van der Waals surface area (Å²) in [6.45, 7) is 3.01. The van der Waals surface area contributed by atoms with E-state index in [9.17, 15) is 0 Å². The Labute approximate surface area is 157 Å². The predicted octanol–water partition coefficient (Wildman–Crippen LogP) is 4.35. The van der Waals surface area contributed by atoms with Gasteiger partial charge in [0.25, 0.3) is 0 Å². The molecule has 0 aromatic carbocycles. The van der Waals surface area contributed by atoms with Crippen LogP contribution in [0.4, 0.5) is 0 Å². The van der Waals surface area contributed by atoms with Crippen molar-refractivity contribution in [1.82, 2.24) is 15.3 Å². The normalized spacial score (nSPS) is 31.9. The van der Waals surface area contributed by atoms with Crippen LogP contribution in [-0.2, 0) is 16.8 Å². The van der Waals surface area contributed by atoms with Crippen molar-refractivity contribution in [3.05, 3.63) is 44.6 Å². The van der Waals surface area contributed by atoms with E-state index in [1.54, 1.807) is 11.3 Å². The summed E-state index contributed by atoms with van der Waals surface area (Å²) in [7, 11) is 0. The second-order valence-corrected chi connectivity index (χ2v) is 9.36. The summed E-state index contributed by atoms with van der Waals surface area (Å²) in [5.41, 5.74) is 2.30. The van der Waals surface area contributed by atoms with Crippen LogP contribution in [0, 0.1) is 0 Å². The minimum absolute atomic E-state index is 0.212. The topological polar surface area (TPSA) is 47.0 Å². The SMILES string of the molecule is CC1CC2(CC(c3cnc(C4CC4)nc3)N1)OCCc1cc(Cl)sc12. The van der Waals surface area contributed by atoms with E-state index >= 15 is 0 Å². The second kappa shape index (κ2) is 6.02. The number of aromatic nitrogens is 2. The zero-order chi connectivity index (χ0) is 17.0. The molecular weight excluding hydrogens is 354 g/mol. The molecule has 2 aliphatic heterocycles. The minimum atomic E-state index is -0.226. The van der Waals surface area contributed by atoms with Crippen molar-refractivity contribution in [3.8, 4) is 0 Å². The molecule has 2 aromatic heterocycles. The number of ether oxygens (including phenoxy) is 1. The van der Waals surface area contributed by atoms with E-state index in [-0.39, 0.29) is 11.6 Å². The van der Waals surface area contributed by atoms with Gasteiger partial charge in [-0.1, -0.05) is 11.6 Å². The first kappa shape index (κ1) is 16.2. The van der Waals surface area contributed by atoms with Crippen LogP contribution in [0.1, 0.15) is 66.4 Å². The molecule has 132 valence electrons. The third-order valence-electron chi connectivity index (χ3n) is 5.63. The fourth-order valence-electron chi connectivity index (χ4n) is 4.35. The first-order chi connectivity index (χ1) is 12.1. The summed E-state index contributed by atoms with van der Waals surface area (Å²) in [5.74, 6) is 1.60. The zero-order valence-electron chi connectivity index (χ0n) is 14.3. The first-order valence-electron chi connectivity index (χ1n) is 9.13. The molecule has 6 heteroatoms. The monoisotopic (exact) mass is 375 g/mol. The molecule has 1 saturated carbocycles. The molecule has 1 aliphatic carbocycles. The smallest absolute Gasteiger partial charge is 0.131 e. The largest absolute Gasteiger partial charge is 0.369 e. The van der Waals surface area contributed by atoms with Gasteiger partial charge in [0.05, 0.1) is 10.9 Å². The molecule has 3 aliphatic rings. The van der Waals surface area contributed by atoms with Crippen molar-refractivity contribution in [2.45, 2.75) is 62.6 Å². The third kappa shape index (κ3) is 2.91. The van der Waals surface area contributed by atoms with Gasteiger partial charge in [0.1, 0.15) is 11.4 Å². The molecule has 3 atom stereocenters. The highest BCUT2D eigenvalue weighted by atomic mass is 35.5. The van der Waals surface area contributed by atoms with Crippen LogP contribution in [0.25, 0.3) is 0 Å². The lowest BCUT2D eigenvalue weighted by molar-refractivity contribution is -0.0954. The lowest BCUT2D eigenvalue weighted by Crippen LogP contribution is -2.49. The lowest BCUT2D eigenvalue weighted by atomic mass is 9.78. The maximum atomic E-state index is 6.41. The molecule has 2 fully saturated rings. The van der Waals surface area contributed by atoms with E-state index < -0.39 is 0 Å². The Morgan fingerprint density at radius 2 is 2.08 bits per heavy atom. The summed E-state index contributed by atoms with van der Waals surface area (Å²) < 4.78 is 7.28. The summed E-state index contributed by atoms with van der Waals surface area (Å²) in [6, 6.07) is 2.71. The first-order valence-corrected chi connectivity index (χ1v) is 10.3. The van der Waals surface area contributed by atoms with Gasteiger partial charge in [-0.2, -0.15) is 0 Å². The molecule has 25 heavy (non-hydrogen) atoms. The standard InChI is InChI=1S/C19H22ClN3OS/c1-11-7-19(17-13(4-5-24-19)6-16(20)25-17)8-15(23-11)14-9-21-18(22-10-14)12-2-3-12/h6,9-12,15,23H,2-5,7-8H2,1H3. The van der Waals surface area contributed by atoms with E-state index in [0.29, 0.717) is 12.0 Å². The van der Waals surface area contributed by atoms with Crippen LogP contribution in [0.5, 0.6) is 0 Å². The van der Waals surface area contributed by atoms with Crippen LogP contribution in [-0.4, -0.2) is 22.6 Å². The molecule has 1 spiro atoms. The second-order valence-electron chi connectivity index (χ2n) is 7.68. The number of hydrogen-bond donors (Lipinski definition) is 1. The number of nitrogens with one attached hydrogen (secondary N) is 1. The van der Waals surface area contributed by atoms with Gasteiger partial charge >= 0.3 is 0 Å². The molecule has 5 rings (SSSR count). The van der Waals surface area contributed by atoms with Gasteiger partial charge in [0.2, 0.25) is 0 Å². The molecular formula is C19H22ClN3OS. The Balaban J connectivity index is 1.47. The highest BCUT2D eigenvalue weighted by Crippen LogP contribution is 2.50. The molecule has 4 nitrogen and oxygen atoms in total. The Morgan fingerprint density at radius 1 is 1.28 bits per heavy atom. The van der Waals surface area contributed by atoms with Gasteiger partial charge in [0, 0.05) is 47.3 Å². The van der Waals surface area contributed by atoms with E-state index in [4.69, 9.17) is 16.3 Å². The highest BCUT2D eigenvalue weighted by Gasteiger charge is 2.46. The number of hydrogen-bond acceptors (Lipinski definition) is 5. The fraction of sp³-hybridized carbons (Fsp3) is 0.579. The number of rotatable bonds is 2. The van der Waals surface area contributed by atoms with Crippen molar-refractivity contribution in [2.75, 3.05) is 6.61 Å². The molecule has 1 saturated heterocycles. The molecule has 4 heterocycles. The van der Waals surface area contributed by atoms with Crippen LogP contribution >= 0.6 is 22.9 Å². The Morgan fingerprint density at radius 3 is 2.84 bits per heavy atom. The van der Waals surface area contributed by atoms with Gasteiger partial charge < -0.3 is 10.1 Å². The molecule has 2 aromatic rings. The van der Waals surface area contributed by atoms with Crippen LogP contribution < -0.4 is 5.32 Å². The summed E-state index contributed by atoms with van der Waals surface area (Å²) >= 11 is 8.01. The minimum Gasteiger partial charge on any atom is -0.369 e. The van der Waals surface area contributed by atoms with Gasteiger partial charge in [0.15, 0.2) is 0 Å². The molecule has 3 unspecified atom stereocenters. The summed E-state index contributed by atoms with van der Waals surface area (Å²) in [4.78, 5) is 10.6. The Kier molecular flexibility index (Phi) is 3.89. The fourth-order valence-corrected chi connectivity index (χ4v) is 5.82. The van der Waals surface area contributed by atoms with Crippen molar-refractivity contribution < 1.29 is 4.74 Å². The Hall–Kier alpha value is -1.01. The van der Waals surface area contributed by atoms with Crippen LogP contribution in [0.2, 0.25) is 4.34 Å². The molecule has 0 amide bonds. The number of nitrogens with zero attached hydrogens (tertiary/aromatic N) is 2. The highest BCUT2D eigenvalue weighted by molar-refractivity contribution is 7.16. The predicted molar refractivity (Wildman–Crippen MR) is 99.2 cm³/mol. The summed E-state index contributed by atoms with van der Waals surface area (Å²) in [5, 5.41) is 3.72. The maximum Gasteiger partial charge on any atom is 0.131 e. The van der Waals surface area contributed by atoms with Crippen molar-refractivity contribution >= 4 is 22.9 Å². The van der Waals surface area contributed by atoms with Gasteiger partial charge in [-0.25, -0.2) is 9.97 Å². The Bertz CT molecular complexity index is 788. The van der Waals surface area contributed by atoms with Gasteiger partial charge in [-0.15, -0.1) is 11.3 Å². The van der Waals surface area contributed by atoms with E-state index in [1.807, 2.05) is 12.4 Å².